The highest BCUT2D eigenvalue weighted by atomic mass is 35.5. The Morgan fingerprint density at radius 3 is 2.00 bits per heavy atom. The van der Waals surface area contributed by atoms with E-state index in [0.29, 0.717) is 0 Å². The third kappa shape index (κ3) is 0.944. The second-order valence-electron chi connectivity index (χ2n) is 1.80. The fourth-order valence-corrected chi connectivity index (χ4v) is 1.24. The Labute approximate surface area is 73.4 Å². The lowest BCUT2D eigenvalue weighted by Crippen LogP contribution is -2.24. The van der Waals surface area contributed by atoms with Crippen molar-refractivity contribution in [2.75, 3.05) is 7.05 Å². The van der Waals surface area contributed by atoms with Crippen LogP contribution < -0.4 is 0 Å². The minimum absolute atomic E-state index is 0.00849. The van der Waals surface area contributed by atoms with E-state index >= 15 is 0 Å². The molecule has 1 amide bonds. The van der Waals surface area contributed by atoms with Crippen LogP contribution in [0.25, 0.3) is 0 Å². The van der Waals surface area contributed by atoms with Crippen molar-refractivity contribution in [2.45, 2.75) is 0 Å². The summed E-state index contributed by atoms with van der Waals surface area (Å²) in [5, 5.41) is 0.179. The van der Waals surface area contributed by atoms with Crippen molar-refractivity contribution in [2.24, 2.45) is 0 Å². The number of carbonyl (C=O) groups excluding carboxylic acids is 1. The van der Waals surface area contributed by atoms with Gasteiger partial charge in [0.05, 0.1) is 5.03 Å². The summed E-state index contributed by atoms with van der Waals surface area (Å²) in [5.41, 5.74) is 0. The molecule has 0 N–H and O–H groups in total. The van der Waals surface area contributed by atoms with Crippen molar-refractivity contribution in [3.8, 4) is 0 Å². The minimum Gasteiger partial charge on any atom is -0.300 e. The van der Waals surface area contributed by atoms with E-state index in [-0.39, 0.29) is 21.0 Å². The molecule has 0 aromatic heterocycles. The lowest BCUT2D eigenvalue weighted by atomic mass is 10.5. The Morgan fingerprint density at radius 2 is 1.90 bits per heavy atom. The summed E-state index contributed by atoms with van der Waals surface area (Å²) in [6.45, 7) is 0. The number of hydrogen-bond donors (Lipinski definition) is 0. The van der Waals surface area contributed by atoms with Crippen LogP contribution in [0.4, 0.5) is 0 Å². The van der Waals surface area contributed by atoms with Crippen LogP contribution in [0.2, 0.25) is 0 Å². The van der Waals surface area contributed by atoms with Crippen molar-refractivity contribution in [1.82, 2.24) is 4.90 Å². The molecule has 54 valence electrons. The first kappa shape index (κ1) is 7.98. The smallest absolute Gasteiger partial charge is 0.271 e. The summed E-state index contributed by atoms with van der Waals surface area (Å²) in [6.07, 6.45) is 0. The molecule has 0 atom stereocenters. The van der Waals surface area contributed by atoms with E-state index in [2.05, 4.69) is 0 Å². The maximum Gasteiger partial charge on any atom is 0.271 e. The van der Waals surface area contributed by atoms with Crippen LogP contribution in [0.5, 0.6) is 0 Å². The fourth-order valence-electron chi connectivity index (χ4n) is 0.574. The van der Waals surface area contributed by atoms with Gasteiger partial charge in [-0.25, -0.2) is 0 Å². The van der Waals surface area contributed by atoms with E-state index in [9.17, 15) is 4.79 Å². The standard InChI is InChI=1S/C5H3Cl2NOS/c1-8-4(9)2(6)3(7)5(8)10/h1H3. The minimum atomic E-state index is -0.336. The Morgan fingerprint density at radius 1 is 1.40 bits per heavy atom. The lowest BCUT2D eigenvalue weighted by molar-refractivity contribution is -0.121. The number of rotatable bonds is 0. The van der Waals surface area contributed by atoms with Crippen molar-refractivity contribution < 1.29 is 4.79 Å². The predicted molar refractivity (Wildman–Crippen MR) is 44.1 cm³/mol. The van der Waals surface area contributed by atoms with Crippen molar-refractivity contribution >= 4 is 46.3 Å². The van der Waals surface area contributed by atoms with Gasteiger partial charge in [-0.05, 0) is 0 Å². The number of carbonyl (C=O) groups is 1. The molecule has 0 aliphatic carbocycles. The first-order valence-corrected chi connectivity index (χ1v) is 3.59. The SMILES string of the molecule is CN1C(=O)C(Cl)=C(Cl)C1=S. The molecule has 0 spiro atoms. The molecule has 1 heterocycles. The molecular formula is C5H3Cl2NOS. The Hall–Kier alpha value is -0.120. The van der Waals surface area contributed by atoms with Gasteiger partial charge >= 0.3 is 0 Å². The molecule has 2 nitrogen and oxygen atoms in total. The van der Waals surface area contributed by atoms with Gasteiger partial charge in [0.25, 0.3) is 5.91 Å². The molecule has 0 bridgehead atoms. The molecule has 0 aromatic rings. The molecule has 0 fully saturated rings. The second-order valence-corrected chi connectivity index (χ2v) is 2.94. The number of amides is 1. The number of nitrogens with zero attached hydrogens (tertiary/aromatic N) is 1. The maximum atomic E-state index is 10.9. The Bertz CT molecular complexity index is 224. The monoisotopic (exact) mass is 195 g/mol. The van der Waals surface area contributed by atoms with Gasteiger partial charge < -0.3 is 4.90 Å². The largest absolute Gasteiger partial charge is 0.300 e. The number of hydrogen-bond acceptors (Lipinski definition) is 2. The van der Waals surface area contributed by atoms with E-state index < -0.39 is 0 Å². The molecule has 0 aromatic carbocycles. The van der Waals surface area contributed by atoms with Gasteiger partial charge in [-0.3, -0.25) is 4.79 Å². The van der Waals surface area contributed by atoms with Gasteiger partial charge in [-0.15, -0.1) is 0 Å². The molecule has 0 radical (unpaired) electrons. The van der Waals surface area contributed by atoms with Crippen LogP contribution in [-0.4, -0.2) is 22.8 Å². The number of thiocarbonyl (C=S) groups is 1. The zero-order valence-corrected chi connectivity index (χ0v) is 7.35. The van der Waals surface area contributed by atoms with Gasteiger partial charge in [0.1, 0.15) is 10.0 Å². The molecule has 1 aliphatic heterocycles. The summed E-state index contributed by atoms with van der Waals surface area (Å²) in [6, 6.07) is 0. The molecule has 1 aliphatic rings. The molecule has 0 saturated heterocycles. The molecule has 0 unspecified atom stereocenters. The summed E-state index contributed by atoms with van der Waals surface area (Å²) in [4.78, 5) is 12.4. The Balaban J connectivity index is 3.11. The highest BCUT2D eigenvalue weighted by molar-refractivity contribution is 7.81. The zero-order valence-electron chi connectivity index (χ0n) is 5.02. The van der Waals surface area contributed by atoms with Crippen LogP contribution in [0.3, 0.4) is 0 Å². The van der Waals surface area contributed by atoms with Crippen LogP contribution in [0.15, 0.2) is 10.1 Å². The van der Waals surface area contributed by atoms with Crippen LogP contribution in [-0.2, 0) is 4.79 Å². The first-order chi connectivity index (χ1) is 4.55. The third-order valence-electron chi connectivity index (χ3n) is 1.18. The predicted octanol–water partition coefficient (Wildman–Crippen LogP) is 1.47. The lowest BCUT2D eigenvalue weighted by Gasteiger charge is -2.06. The summed E-state index contributed by atoms with van der Waals surface area (Å²) >= 11 is 15.8. The molecule has 10 heavy (non-hydrogen) atoms. The van der Waals surface area contributed by atoms with Crippen LogP contribution in [0, 0.1) is 0 Å². The van der Waals surface area contributed by atoms with Gasteiger partial charge in [0, 0.05) is 7.05 Å². The van der Waals surface area contributed by atoms with Crippen molar-refractivity contribution in [3.05, 3.63) is 10.1 Å². The third-order valence-corrected chi connectivity index (χ3v) is 2.58. The van der Waals surface area contributed by atoms with E-state index in [4.69, 9.17) is 35.4 Å². The fraction of sp³-hybridized carbons (Fsp3) is 0.200. The van der Waals surface area contributed by atoms with Gasteiger partial charge in [-0.1, -0.05) is 35.4 Å². The van der Waals surface area contributed by atoms with E-state index in [1.54, 1.807) is 0 Å². The van der Waals surface area contributed by atoms with E-state index in [1.807, 2.05) is 0 Å². The highest BCUT2D eigenvalue weighted by Crippen LogP contribution is 2.25. The zero-order chi connectivity index (χ0) is 7.89. The highest BCUT2D eigenvalue weighted by Gasteiger charge is 2.30. The summed E-state index contributed by atoms with van der Waals surface area (Å²) in [5.74, 6) is -0.336. The van der Waals surface area contributed by atoms with Crippen LogP contribution >= 0.6 is 35.4 Å². The van der Waals surface area contributed by atoms with Gasteiger partial charge in [-0.2, -0.15) is 0 Å². The first-order valence-electron chi connectivity index (χ1n) is 2.43. The average Bonchev–Trinajstić information content (AvgIpc) is 2.07. The molecule has 5 heteroatoms. The summed E-state index contributed by atoms with van der Waals surface area (Å²) < 4.78 is 0. The van der Waals surface area contributed by atoms with E-state index in [1.165, 1.54) is 11.9 Å². The average molecular weight is 196 g/mol. The normalized spacial score (nSPS) is 19.3. The maximum absolute atomic E-state index is 10.9. The second kappa shape index (κ2) is 2.49. The number of halogens is 2. The van der Waals surface area contributed by atoms with Gasteiger partial charge in [0.15, 0.2) is 0 Å². The topological polar surface area (TPSA) is 20.3 Å². The quantitative estimate of drug-likeness (QED) is 0.547. The Kier molecular flexibility index (Phi) is 1.99. The molecule has 1 rings (SSSR count). The molecule has 0 saturated carbocycles. The molecular weight excluding hydrogens is 193 g/mol. The van der Waals surface area contributed by atoms with Crippen LogP contribution in [0.1, 0.15) is 0 Å². The van der Waals surface area contributed by atoms with E-state index in [0.717, 1.165) is 0 Å². The van der Waals surface area contributed by atoms with Crippen molar-refractivity contribution in [3.63, 3.8) is 0 Å². The summed E-state index contributed by atoms with van der Waals surface area (Å²) in [7, 11) is 1.53. The number of likely N-dealkylation sites (N-methyl/N-ethyl adjacent to an activating group) is 1. The van der Waals surface area contributed by atoms with Gasteiger partial charge in [0.2, 0.25) is 0 Å². The van der Waals surface area contributed by atoms with Crippen molar-refractivity contribution in [1.29, 1.82) is 0 Å².